The van der Waals surface area contributed by atoms with Crippen molar-refractivity contribution in [2.24, 2.45) is 0 Å². The summed E-state index contributed by atoms with van der Waals surface area (Å²) in [5.41, 5.74) is 1.92. The molecular formula is C13H16N2OS. The van der Waals surface area contributed by atoms with Crippen LogP contribution in [0.1, 0.15) is 41.2 Å². The highest BCUT2D eigenvalue weighted by Gasteiger charge is 2.41. The number of carbonyl (C=O) groups excluding carboxylic acids is 1. The van der Waals surface area contributed by atoms with Crippen molar-refractivity contribution in [3.8, 4) is 0 Å². The van der Waals surface area contributed by atoms with Crippen molar-refractivity contribution in [1.29, 1.82) is 0 Å². The van der Waals surface area contributed by atoms with Crippen LogP contribution in [0.15, 0.2) is 17.5 Å². The second-order valence-corrected chi connectivity index (χ2v) is 6.07. The van der Waals surface area contributed by atoms with Crippen LogP contribution in [0.2, 0.25) is 0 Å². The molecule has 0 aliphatic carbocycles. The van der Waals surface area contributed by atoms with Gasteiger partial charge in [-0.2, -0.15) is 0 Å². The molecule has 2 fully saturated rings. The maximum absolute atomic E-state index is 12.4. The number of fused-ring (bicyclic) bond motifs is 2. The molecule has 1 aromatic rings. The normalized spacial score (nSPS) is 27.6. The van der Waals surface area contributed by atoms with Gasteiger partial charge >= 0.3 is 0 Å². The van der Waals surface area contributed by atoms with Gasteiger partial charge in [0.2, 0.25) is 0 Å². The molecule has 1 aromatic heterocycles. The Labute approximate surface area is 105 Å². The maximum atomic E-state index is 12.4. The lowest BCUT2D eigenvalue weighted by molar-refractivity contribution is 0.0629. The first-order valence-corrected chi connectivity index (χ1v) is 6.94. The molecule has 0 aromatic carbocycles. The number of hydrogen-bond acceptors (Lipinski definition) is 3. The lowest BCUT2D eigenvalue weighted by Crippen LogP contribution is -2.44. The second-order valence-electron chi connectivity index (χ2n) is 5.01. The molecule has 0 saturated carbocycles. The predicted molar refractivity (Wildman–Crippen MR) is 68.2 cm³/mol. The van der Waals surface area contributed by atoms with Crippen LogP contribution in [0.25, 0.3) is 0 Å². The van der Waals surface area contributed by atoms with E-state index in [0.29, 0.717) is 17.8 Å². The van der Waals surface area contributed by atoms with E-state index in [1.54, 1.807) is 11.3 Å². The Morgan fingerprint density at radius 2 is 2.12 bits per heavy atom. The van der Waals surface area contributed by atoms with Gasteiger partial charge in [0.1, 0.15) is 5.69 Å². The number of piperidine rings is 1. The van der Waals surface area contributed by atoms with E-state index in [9.17, 15) is 4.79 Å². The number of nitrogens with zero attached hydrogens (tertiary/aromatic N) is 2. The summed E-state index contributed by atoms with van der Waals surface area (Å²) in [5, 5.41) is 2.84. The minimum absolute atomic E-state index is 0.120. The highest BCUT2D eigenvalue weighted by molar-refractivity contribution is 7.09. The largest absolute Gasteiger partial charge is 0.331 e. The number of aryl methyl sites for hydroxylation is 1. The molecule has 0 spiro atoms. The molecule has 2 atom stereocenters. The van der Waals surface area contributed by atoms with E-state index >= 15 is 0 Å². The Morgan fingerprint density at radius 1 is 1.47 bits per heavy atom. The van der Waals surface area contributed by atoms with Gasteiger partial charge in [-0.3, -0.25) is 4.79 Å². The minimum Gasteiger partial charge on any atom is -0.331 e. The first kappa shape index (κ1) is 11.0. The molecule has 0 radical (unpaired) electrons. The lowest BCUT2D eigenvalue weighted by Gasteiger charge is -2.35. The standard InChI is InChI=1S/C13H16N2OS/c1-8-5-10-3-4-11(6-8)15(10)13(16)12-7-17-9(2)14-12/h7,10-11H,1,3-6H2,2H3. The van der Waals surface area contributed by atoms with Gasteiger partial charge in [0.15, 0.2) is 0 Å². The van der Waals surface area contributed by atoms with Gasteiger partial charge in [-0.25, -0.2) is 4.98 Å². The zero-order valence-corrected chi connectivity index (χ0v) is 10.8. The Kier molecular flexibility index (Phi) is 2.54. The quantitative estimate of drug-likeness (QED) is 0.716. The molecule has 3 nitrogen and oxygen atoms in total. The molecular weight excluding hydrogens is 232 g/mol. The summed E-state index contributed by atoms with van der Waals surface area (Å²) in [4.78, 5) is 18.8. The molecule has 2 bridgehead atoms. The molecule has 4 heteroatoms. The Bertz CT molecular complexity index is 464. The molecule has 1 amide bonds. The smallest absolute Gasteiger partial charge is 0.273 e. The first-order chi connectivity index (χ1) is 8.15. The summed E-state index contributed by atoms with van der Waals surface area (Å²) < 4.78 is 0. The molecule has 2 saturated heterocycles. The summed E-state index contributed by atoms with van der Waals surface area (Å²) >= 11 is 1.54. The zero-order valence-electron chi connectivity index (χ0n) is 9.98. The van der Waals surface area contributed by atoms with Crippen molar-refractivity contribution in [2.45, 2.75) is 44.7 Å². The third kappa shape index (κ3) is 1.80. The average molecular weight is 248 g/mol. The summed E-state index contributed by atoms with van der Waals surface area (Å²) in [6, 6.07) is 0.742. The van der Waals surface area contributed by atoms with E-state index < -0.39 is 0 Å². The predicted octanol–water partition coefficient (Wildman–Crippen LogP) is 2.77. The van der Waals surface area contributed by atoms with E-state index in [4.69, 9.17) is 0 Å². The highest BCUT2D eigenvalue weighted by atomic mass is 32.1. The zero-order chi connectivity index (χ0) is 12.0. The molecule has 17 heavy (non-hydrogen) atoms. The van der Waals surface area contributed by atoms with E-state index in [1.165, 1.54) is 5.57 Å². The van der Waals surface area contributed by atoms with Crippen molar-refractivity contribution in [3.05, 3.63) is 28.2 Å². The summed E-state index contributed by atoms with van der Waals surface area (Å²) in [7, 11) is 0. The van der Waals surface area contributed by atoms with Crippen LogP contribution in [0.4, 0.5) is 0 Å². The fraction of sp³-hybridized carbons (Fsp3) is 0.538. The van der Waals surface area contributed by atoms with Crippen LogP contribution in [0.3, 0.4) is 0 Å². The Morgan fingerprint density at radius 3 is 2.65 bits per heavy atom. The Hall–Kier alpha value is -1.16. The van der Waals surface area contributed by atoms with Crippen LogP contribution in [-0.4, -0.2) is 27.9 Å². The van der Waals surface area contributed by atoms with Crippen LogP contribution >= 0.6 is 11.3 Å². The summed E-state index contributed by atoms with van der Waals surface area (Å²) in [5.74, 6) is 0.120. The second kappa shape index (κ2) is 3.95. The number of hydrogen-bond donors (Lipinski definition) is 0. The summed E-state index contributed by atoms with van der Waals surface area (Å²) in [6.45, 7) is 6.01. The van der Waals surface area contributed by atoms with Gasteiger partial charge in [0.25, 0.3) is 5.91 Å². The molecule has 2 unspecified atom stereocenters. The SMILES string of the molecule is C=C1CC2CCC(C1)N2C(=O)c1csc(C)n1. The molecule has 3 heterocycles. The van der Waals surface area contributed by atoms with Gasteiger partial charge in [-0.1, -0.05) is 12.2 Å². The van der Waals surface area contributed by atoms with Crippen molar-refractivity contribution in [1.82, 2.24) is 9.88 Å². The molecule has 0 N–H and O–H groups in total. The Balaban J connectivity index is 1.86. The monoisotopic (exact) mass is 248 g/mol. The van der Waals surface area contributed by atoms with Crippen LogP contribution in [-0.2, 0) is 0 Å². The van der Waals surface area contributed by atoms with Crippen LogP contribution in [0.5, 0.6) is 0 Å². The van der Waals surface area contributed by atoms with Crippen molar-refractivity contribution < 1.29 is 4.79 Å². The third-order valence-electron chi connectivity index (χ3n) is 3.74. The van der Waals surface area contributed by atoms with Crippen LogP contribution in [0, 0.1) is 6.92 Å². The van der Waals surface area contributed by atoms with Crippen molar-refractivity contribution in [3.63, 3.8) is 0 Å². The van der Waals surface area contributed by atoms with Gasteiger partial charge in [-0.05, 0) is 32.6 Å². The van der Waals surface area contributed by atoms with E-state index in [1.807, 2.05) is 12.3 Å². The molecule has 90 valence electrons. The molecule has 2 aliphatic heterocycles. The van der Waals surface area contributed by atoms with Gasteiger partial charge in [-0.15, -0.1) is 11.3 Å². The maximum Gasteiger partial charge on any atom is 0.273 e. The third-order valence-corrected chi connectivity index (χ3v) is 4.51. The fourth-order valence-corrected chi connectivity index (χ4v) is 3.62. The van der Waals surface area contributed by atoms with E-state index in [0.717, 1.165) is 30.7 Å². The molecule has 2 aliphatic rings. The molecule has 3 rings (SSSR count). The number of carbonyl (C=O) groups is 1. The average Bonchev–Trinajstić information content (AvgIpc) is 2.81. The highest BCUT2D eigenvalue weighted by Crippen LogP contribution is 2.38. The fourth-order valence-electron chi connectivity index (χ4n) is 3.04. The van der Waals surface area contributed by atoms with E-state index in [-0.39, 0.29) is 5.91 Å². The number of thiazole rings is 1. The number of rotatable bonds is 1. The van der Waals surface area contributed by atoms with Gasteiger partial charge < -0.3 is 4.90 Å². The van der Waals surface area contributed by atoms with Gasteiger partial charge in [0, 0.05) is 17.5 Å². The summed E-state index contributed by atoms with van der Waals surface area (Å²) in [6.07, 6.45) is 4.20. The number of aromatic nitrogens is 1. The van der Waals surface area contributed by atoms with Crippen molar-refractivity contribution >= 4 is 17.2 Å². The van der Waals surface area contributed by atoms with Gasteiger partial charge in [0.05, 0.1) is 5.01 Å². The minimum atomic E-state index is 0.120. The lowest BCUT2D eigenvalue weighted by atomic mass is 9.98. The van der Waals surface area contributed by atoms with E-state index in [2.05, 4.69) is 16.5 Å². The van der Waals surface area contributed by atoms with Crippen LogP contribution < -0.4 is 0 Å². The topological polar surface area (TPSA) is 33.2 Å². The van der Waals surface area contributed by atoms with Crippen molar-refractivity contribution in [2.75, 3.05) is 0 Å². The number of amides is 1. The first-order valence-electron chi connectivity index (χ1n) is 6.06.